The van der Waals surface area contributed by atoms with Gasteiger partial charge >= 0.3 is 0 Å². The minimum atomic E-state index is -0.257. The highest BCUT2D eigenvalue weighted by Crippen LogP contribution is 2.18. The molecular formula is C20H19N3O4. The molecule has 0 fully saturated rings. The van der Waals surface area contributed by atoms with E-state index in [4.69, 9.17) is 19.5 Å². The number of rotatable bonds is 7. The molecule has 2 aromatic rings. The maximum Gasteiger partial charge on any atom is 0.280 e. The highest BCUT2D eigenvalue weighted by atomic mass is 16.5. The largest absolute Gasteiger partial charge is 0.497 e. The number of benzene rings is 2. The minimum absolute atomic E-state index is 0.0850. The summed E-state index contributed by atoms with van der Waals surface area (Å²) in [6.45, 7) is 0.590. The van der Waals surface area contributed by atoms with Crippen LogP contribution in [0, 0.1) is 11.3 Å². The molecule has 0 unspecified atom stereocenters. The molecule has 0 aromatic heterocycles. The minimum Gasteiger partial charge on any atom is -0.497 e. The first kappa shape index (κ1) is 18.3. The number of ether oxygens (including phenoxy) is 3. The van der Waals surface area contributed by atoms with E-state index in [1.807, 2.05) is 54.6 Å². The second kappa shape index (κ2) is 8.72. The van der Waals surface area contributed by atoms with E-state index < -0.39 is 0 Å². The van der Waals surface area contributed by atoms with E-state index in [1.165, 1.54) is 5.01 Å². The predicted octanol–water partition coefficient (Wildman–Crippen LogP) is 2.71. The van der Waals surface area contributed by atoms with Gasteiger partial charge in [-0.2, -0.15) is 5.26 Å². The Morgan fingerprint density at radius 2 is 2.04 bits per heavy atom. The Morgan fingerprint density at radius 3 is 2.78 bits per heavy atom. The zero-order valence-corrected chi connectivity index (χ0v) is 14.9. The fourth-order valence-corrected chi connectivity index (χ4v) is 2.49. The van der Waals surface area contributed by atoms with E-state index in [9.17, 15) is 4.79 Å². The highest BCUT2D eigenvalue weighted by molar-refractivity contribution is 5.98. The van der Waals surface area contributed by atoms with Crippen molar-refractivity contribution in [2.45, 2.75) is 13.0 Å². The third kappa shape index (κ3) is 4.76. The van der Waals surface area contributed by atoms with Gasteiger partial charge in [0.25, 0.3) is 5.91 Å². The quantitative estimate of drug-likeness (QED) is 0.753. The lowest BCUT2D eigenvalue weighted by Gasteiger charge is -2.23. The standard InChI is InChI=1S/C20H19N3O4/c1-25-18-5-2-4-15(12-18)13-26-17-8-6-16(7-9-17)20-22-23(11-3-10-21)19(24)14-27-20/h2,4-9,12H,3,11,13-14H2,1H3. The Balaban J connectivity index is 1.64. The van der Waals surface area contributed by atoms with Crippen LogP contribution in [0.1, 0.15) is 17.5 Å². The molecule has 0 spiro atoms. The van der Waals surface area contributed by atoms with Gasteiger partial charge in [0.1, 0.15) is 18.1 Å². The summed E-state index contributed by atoms with van der Waals surface area (Å²) in [6.07, 6.45) is 0.222. The zero-order valence-electron chi connectivity index (χ0n) is 14.9. The summed E-state index contributed by atoms with van der Waals surface area (Å²) < 4.78 is 16.4. The van der Waals surface area contributed by atoms with Gasteiger partial charge < -0.3 is 14.2 Å². The van der Waals surface area contributed by atoms with Gasteiger partial charge in [0.2, 0.25) is 5.90 Å². The Hall–Kier alpha value is -3.53. The van der Waals surface area contributed by atoms with E-state index in [1.54, 1.807) is 7.11 Å². The summed E-state index contributed by atoms with van der Waals surface area (Å²) >= 11 is 0. The van der Waals surface area contributed by atoms with Crippen LogP contribution in [-0.4, -0.2) is 37.1 Å². The fraction of sp³-hybridized carbons (Fsp3) is 0.250. The molecule has 0 radical (unpaired) electrons. The lowest BCUT2D eigenvalue weighted by atomic mass is 10.2. The number of carbonyl (C=O) groups excluding carboxylic acids is 1. The highest BCUT2D eigenvalue weighted by Gasteiger charge is 2.22. The number of methoxy groups -OCH3 is 1. The van der Waals surface area contributed by atoms with Crippen LogP contribution in [0.25, 0.3) is 0 Å². The van der Waals surface area contributed by atoms with Crippen molar-refractivity contribution in [3.05, 3.63) is 59.7 Å². The summed E-state index contributed by atoms with van der Waals surface area (Å²) in [5.41, 5.74) is 1.74. The third-order valence-corrected chi connectivity index (χ3v) is 3.91. The molecule has 1 aliphatic rings. The Morgan fingerprint density at radius 1 is 1.22 bits per heavy atom. The number of hydrogen-bond acceptors (Lipinski definition) is 6. The molecule has 0 atom stereocenters. The second-order valence-electron chi connectivity index (χ2n) is 5.78. The lowest BCUT2D eigenvalue weighted by molar-refractivity contribution is -0.135. The smallest absolute Gasteiger partial charge is 0.280 e. The van der Waals surface area contributed by atoms with Crippen LogP contribution >= 0.6 is 0 Å². The summed E-state index contributed by atoms with van der Waals surface area (Å²) in [6, 6.07) is 17.0. The average molecular weight is 365 g/mol. The number of hydrogen-bond donors (Lipinski definition) is 0. The van der Waals surface area contributed by atoms with Gasteiger partial charge in [-0.25, -0.2) is 5.01 Å². The molecule has 1 amide bonds. The van der Waals surface area contributed by atoms with Gasteiger partial charge in [0.05, 0.1) is 26.1 Å². The number of carbonyl (C=O) groups is 1. The molecule has 1 heterocycles. The van der Waals surface area contributed by atoms with Crippen molar-refractivity contribution in [3.63, 3.8) is 0 Å². The lowest BCUT2D eigenvalue weighted by Crippen LogP contribution is -2.37. The van der Waals surface area contributed by atoms with Crippen LogP contribution in [0.4, 0.5) is 0 Å². The molecule has 3 rings (SSSR count). The molecule has 7 nitrogen and oxygen atoms in total. The molecule has 0 aliphatic carbocycles. The molecule has 0 bridgehead atoms. The molecule has 2 aromatic carbocycles. The molecular weight excluding hydrogens is 346 g/mol. The Bertz CT molecular complexity index is 872. The van der Waals surface area contributed by atoms with E-state index >= 15 is 0 Å². The molecule has 27 heavy (non-hydrogen) atoms. The van der Waals surface area contributed by atoms with Gasteiger partial charge in [-0.1, -0.05) is 12.1 Å². The fourth-order valence-electron chi connectivity index (χ4n) is 2.49. The second-order valence-corrected chi connectivity index (χ2v) is 5.78. The maximum absolute atomic E-state index is 11.8. The van der Waals surface area contributed by atoms with Crippen molar-refractivity contribution in [1.29, 1.82) is 5.26 Å². The molecule has 138 valence electrons. The van der Waals surface area contributed by atoms with Gasteiger partial charge in [-0.05, 0) is 42.0 Å². The van der Waals surface area contributed by atoms with Crippen molar-refractivity contribution in [3.8, 4) is 17.6 Å². The summed E-state index contributed by atoms with van der Waals surface area (Å²) in [4.78, 5) is 11.8. The molecule has 1 aliphatic heterocycles. The first-order valence-electron chi connectivity index (χ1n) is 8.44. The number of hydrazone groups is 1. The maximum atomic E-state index is 11.8. The topological polar surface area (TPSA) is 84.2 Å². The first-order valence-corrected chi connectivity index (χ1v) is 8.44. The van der Waals surface area contributed by atoms with Crippen molar-refractivity contribution in [1.82, 2.24) is 5.01 Å². The summed E-state index contributed by atoms with van der Waals surface area (Å²) in [7, 11) is 1.63. The Kier molecular flexibility index (Phi) is 5.90. The van der Waals surface area contributed by atoms with Crippen molar-refractivity contribution < 1.29 is 19.0 Å². The first-order chi connectivity index (χ1) is 13.2. The summed E-state index contributed by atoms with van der Waals surface area (Å²) in [5.74, 6) is 1.59. The van der Waals surface area contributed by atoms with E-state index in [2.05, 4.69) is 5.10 Å². The number of amides is 1. The van der Waals surface area contributed by atoms with Crippen LogP contribution in [0.2, 0.25) is 0 Å². The predicted molar refractivity (Wildman–Crippen MR) is 98.2 cm³/mol. The molecule has 0 N–H and O–H groups in total. The third-order valence-electron chi connectivity index (χ3n) is 3.91. The molecule has 0 saturated carbocycles. The monoisotopic (exact) mass is 365 g/mol. The Labute approximate surface area is 157 Å². The summed E-state index contributed by atoms with van der Waals surface area (Å²) in [5, 5.41) is 14.1. The van der Waals surface area contributed by atoms with Gasteiger partial charge in [-0.15, -0.1) is 5.10 Å². The SMILES string of the molecule is COc1cccc(COc2ccc(C3=NN(CCC#N)C(=O)CO3)cc2)c1. The molecule has 7 heteroatoms. The van der Waals surface area contributed by atoms with E-state index in [-0.39, 0.29) is 25.5 Å². The van der Waals surface area contributed by atoms with E-state index in [0.29, 0.717) is 18.3 Å². The van der Waals surface area contributed by atoms with Crippen molar-refractivity contribution in [2.75, 3.05) is 20.3 Å². The average Bonchev–Trinajstić information content (AvgIpc) is 2.72. The normalized spacial score (nSPS) is 13.4. The van der Waals surface area contributed by atoms with Crippen LogP contribution in [0.5, 0.6) is 11.5 Å². The van der Waals surface area contributed by atoms with Crippen molar-refractivity contribution in [2.24, 2.45) is 5.10 Å². The van der Waals surface area contributed by atoms with Gasteiger partial charge in [0, 0.05) is 5.56 Å². The van der Waals surface area contributed by atoms with Crippen LogP contribution in [0.15, 0.2) is 53.6 Å². The van der Waals surface area contributed by atoms with Gasteiger partial charge in [0.15, 0.2) is 6.61 Å². The van der Waals surface area contributed by atoms with Crippen LogP contribution in [-0.2, 0) is 16.1 Å². The van der Waals surface area contributed by atoms with Crippen molar-refractivity contribution >= 4 is 11.8 Å². The zero-order chi connectivity index (χ0) is 19.1. The van der Waals surface area contributed by atoms with Gasteiger partial charge in [-0.3, -0.25) is 4.79 Å². The molecule has 0 saturated heterocycles. The number of nitrogens with zero attached hydrogens (tertiary/aromatic N) is 3. The van der Waals surface area contributed by atoms with Crippen LogP contribution in [0.3, 0.4) is 0 Å². The van der Waals surface area contributed by atoms with Crippen LogP contribution < -0.4 is 9.47 Å². The number of nitriles is 1. The van der Waals surface area contributed by atoms with E-state index in [0.717, 1.165) is 16.9 Å².